The van der Waals surface area contributed by atoms with Crippen molar-refractivity contribution in [2.75, 3.05) is 25.0 Å². The molecule has 1 aromatic heterocycles. The lowest BCUT2D eigenvalue weighted by Gasteiger charge is -2.54. The molecule has 4 aliphatic carbocycles. The van der Waals surface area contributed by atoms with Gasteiger partial charge in [-0.1, -0.05) is 62.4 Å². The van der Waals surface area contributed by atoms with E-state index in [-0.39, 0.29) is 82.6 Å². The summed E-state index contributed by atoms with van der Waals surface area (Å²) in [6.45, 7) is 7.86. The molecular weight excluding hydrogens is 938 g/mol. The molecule has 3 aromatic rings. The fourth-order valence-electron chi connectivity index (χ4n) is 13.9. The Kier molecular flexibility index (Phi) is 11.3. The predicted molar refractivity (Wildman–Crippen MR) is 255 cm³/mol. The van der Waals surface area contributed by atoms with Gasteiger partial charge < -0.3 is 25.8 Å². The Hall–Kier alpha value is -5.53. The number of rotatable bonds is 6. The normalized spacial score (nSPS) is 32.8. The van der Waals surface area contributed by atoms with Gasteiger partial charge in [-0.3, -0.25) is 34.3 Å². The lowest BCUT2D eigenvalue weighted by atomic mass is 9.56. The van der Waals surface area contributed by atoms with E-state index in [1.54, 1.807) is 24.3 Å². The highest BCUT2D eigenvalue weighted by Gasteiger charge is 2.64. The van der Waals surface area contributed by atoms with E-state index >= 15 is 9.18 Å². The van der Waals surface area contributed by atoms with E-state index in [1.807, 2.05) is 6.07 Å². The maximum absolute atomic E-state index is 16.4. The van der Waals surface area contributed by atoms with E-state index in [4.69, 9.17) is 11.6 Å². The third kappa shape index (κ3) is 7.99. The number of anilines is 1. The van der Waals surface area contributed by atoms with E-state index in [0.29, 0.717) is 69.2 Å². The number of fused-ring (bicyclic) bond motifs is 6. The van der Waals surface area contributed by atoms with Crippen molar-refractivity contribution in [2.45, 2.75) is 146 Å². The van der Waals surface area contributed by atoms with Crippen molar-refractivity contribution in [1.29, 1.82) is 0 Å². The number of aromatic nitrogens is 1. The molecule has 5 amide bonds. The van der Waals surface area contributed by atoms with Gasteiger partial charge in [-0.2, -0.15) is 13.2 Å². The van der Waals surface area contributed by atoms with E-state index in [9.17, 15) is 32.3 Å². The Bertz CT molecular complexity index is 2830. The average Bonchev–Trinajstić information content (AvgIpc) is 3.55. The fraction of sp³-hybridized carbons (Fsp3) is 0.556. The van der Waals surface area contributed by atoms with Crippen molar-refractivity contribution >= 4 is 46.8 Å². The first-order valence-electron chi connectivity index (χ1n) is 25.1. The minimum absolute atomic E-state index is 0.0908. The number of benzene rings is 2. The molecule has 4 N–H and O–H groups in total. The van der Waals surface area contributed by atoms with Gasteiger partial charge in [0.25, 0.3) is 5.91 Å². The number of pyridine rings is 1. The second-order valence-corrected chi connectivity index (χ2v) is 23.5. The molecule has 6 heterocycles. The van der Waals surface area contributed by atoms with Crippen LogP contribution in [0, 0.1) is 39.8 Å². The Morgan fingerprint density at radius 2 is 1.75 bits per heavy atom. The van der Waals surface area contributed by atoms with Crippen molar-refractivity contribution in [1.82, 2.24) is 30.7 Å². The topological polar surface area (TPSA) is 153 Å². The molecule has 7 atom stereocenters. The van der Waals surface area contributed by atoms with Crippen LogP contribution in [0.4, 0.5) is 23.2 Å². The van der Waals surface area contributed by atoms with E-state index in [1.165, 1.54) is 17.2 Å². The molecule has 2 bridgehead atoms. The van der Waals surface area contributed by atoms with Crippen molar-refractivity contribution in [2.24, 2.45) is 22.2 Å². The molecule has 7 fully saturated rings. The molecule has 12 rings (SSSR count). The zero-order chi connectivity index (χ0) is 50.0. The lowest BCUT2D eigenvalue weighted by Crippen LogP contribution is -2.62. The van der Waals surface area contributed by atoms with Crippen LogP contribution in [0.15, 0.2) is 48.7 Å². The van der Waals surface area contributed by atoms with Crippen LogP contribution in [-0.4, -0.2) is 87.6 Å². The summed E-state index contributed by atoms with van der Waals surface area (Å²) in [5.74, 6) is 4.23. The predicted octanol–water partition coefficient (Wildman–Crippen LogP) is 7.77. The van der Waals surface area contributed by atoms with Crippen molar-refractivity contribution in [3.8, 4) is 11.8 Å². The summed E-state index contributed by atoms with van der Waals surface area (Å²) >= 11 is 6.43. The highest BCUT2D eigenvalue weighted by Crippen LogP contribution is 2.60. The number of nitrogens with zero attached hydrogens (tertiary/aromatic N) is 3. The number of hydrogen-bond acceptors (Lipinski definition) is 8. The van der Waals surface area contributed by atoms with Gasteiger partial charge in [0, 0.05) is 101 Å². The summed E-state index contributed by atoms with van der Waals surface area (Å²) in [7, 11) is 0. The van der Waals surface area contributed by atoms with Crippen LogP contribution in [0.2, 0.25) is 5.02 Å². The van der Waals surface area contributed by atoms with E-state index < -0.39 is 64.0 Å². The Balaban J connectivity index is 0.786. The molecule has 4 saturated carbocycles. The van der Waals surface area contributed by atoms with Crippen LogP contribution in [0.5, 0.6) is 0 Å². The number of carbonyl (C=O) groups excluding carboxylic acids is 5. The number of hydrogen-bond donors (Lipinski definition) is 4. The molecule has 2 aromatic carbocycles. The van der Waals surface area contributed by atoms with Crippen LogP contribution in [-0.2, 0) is 37.3 Å². The highest BCUT2D eigenvalue weighted by molar-refractivity contribution is 6.30. The first-order chi connectivity index (χ1) is 33.6. The Morgan fingerprint density at radius 1 is 1.00 bits per heavy atom. The average molecular weight is 997 g/mol. The van der Waals surface area contributed by atoms with Crippen molar-refractivity contribution in [3.05, 3.63) is 93.0 Å². The van der Waals surface area contributed by atoms with Gasteiger partial charge in [0.2, 0.25) is 23.6 Å². The molecule has 3 saturated heterocycles. The molecule has 12 nitrogen and oxygen atoms in total. The zero-order valence-corrected chi connectivity index (χ0v) is 40.8. The number of likely N-dealkylation sites (tertiary alicyclic amines) is 1. The summed E-state index contributed by atoms with van der Waals surface area (Å²) in [6.07, 6.45) is 3.87. The maximum atomic E-state index is 16.4. The van der Waals surface area contributed by atoms with Gasteiger partial charge in [-0.15, -0.1) is 0 Å². The van der Waals surface area contributed by atoms with Gasteiger partial charge in [0.15, 0.2) is 0 Å². The van der Waals surface area contributed by atoms with Crippen molar-refractivity contribution in [3.63, 3.8) is 0 Å². The molecule has 17 heteroatoms. The van der Waals surface area contributed by atoms with Gasteiger partial charge in [-0.25, -0.2) is 4.39 Å². The Labute approximate surface area is 415 Å². The van der Waals surface area contributed by atoms with Crippen molar-refractivity contribution < 1.29 is 41.5 Å². The molecule has 5 aliphatic heterocycles. The molecule has 71 heavy (non-hydrogen) atoms. The van der Waals surface area contributed by atoms with E-state index in [2.05, 4.69) is 63.8 Å². The first-order valence-corrected chi connectivity index (χ1v) is 25.4. The SMILES string of the molecule is CC(C)(C)C[C@@H]1N[C@@H](C(=O)NC23CCC(C(=O)N4CCC[C@]5(C[C@@H]5C#Cc5cccc6c5CN(C5CCC(=O)NC5=O)C6=O)C4)(CC2)CC3)[C@H](c2cccc(Cl)c2F)[C@]12CNc1cc(C(F)(F)F)ncc12. The Morgan fingerprint density at radius 3 is 2.46 bits per heavy atom. The molecule has 374 valence electrons. The van der Waals surface area contributed by atoms with Gasteiger partial charge in [-0.05, 0) is 111 Å². The van der Waals surface area contributed by atoms with Crippen LogP contribution in [0.1, 0.15) is 142 Å². The summed E-state index contributed by atoms with van der Waals surface area (Å²) in [6, 6.07) is 8.99. The van der Waals surface area contributed by atoms with Gasteiger partial charge in [0.05, 0.1) is 11.1 Å². The number of amides is 5. The minimum Gasteiger partial charge on any atom is -0.384 e. The summed E-state index contributed by atoms with van der Waals surface area (Å²) < 4.78 is 58.3. The number of carbonyl (C=O) groups is 5. The molecule has 0 radical (unpaired) electrons. The zero-order valence-electron chi connectivity index (χ0n) is 40.1. The quantitative estimate of drug-likeness (QED) is 0.111. The standard InChI is InChI=1S/C54H58ClF4N7O5/c1-49(2,3)25-40-53(28-61-37-23-39(54(57,58)59)60-26-35(37)53)42(33-9-5-10-36(55)43(33)56)44(62-40)46(69)64-52-19-16-50(17-20-52,18-21-52)48(71)65-22-6-15-51(29-65)24-31(51)12-11-30-7-4-8-32-34(30)27-66(47(32)70)38-13-14-41(67)63-45(38)68/h4-5,7-10,23,26,31,38,40,42,44,61-62H,6,13-22,24-25,27-29H2,1-3H3,(H,64,69)(H,63,67,68)/t31-,38?,40-,42-,44+,50?,51-,52?,53-/m0/s1. The monoisotopic (exact) mass is 995 g/mol. The summed E-state index contributed by atoms with van der Waals surface area (Å²) in [5, 5.41) is 12.5. The van der Waals surface area contributed by atoms with E-state index in [0.717, 1.165) is 36.5 Å². The lowest BCUT2D eigenvalue weighted by molar-refractivity contribution is -0.153. The number of halogens is 5. The fourth-order valence-corrected chi connectivity index (χ4v) is 14.1. The van der Waals surface area contributed by atoms with Crippen LogP contribution in [0.3, 0.4) is 0 Å². The third-order valence-corrected chi connectivity index (χ3v) is 18.0. The first kappa shape index (κ1) is 47.8. The molecular formula is C54H58ClF4N7O5. The van der Waals surface area contributed by atoms with Crippen LogP contribution >= 0.6 is 11.6 Å². The number of nitrogens with one attached hydrogen (secondary N) is 4. The molecule has 2 spiro atoms. The number of piperidine rings is 2. The maximum Gasteiger partial charge on any atom is 0.433 e. The minimum atomic E-state index is -4.68. The second-order valence-electron chi connectivity index (χ2n) is 23.1. The second kappa shape index (κ2) is 16.8. The highest BCUT2D eigenvalue weighted by atomic mass is 35.5. The molecule has 1 unspecified atom stereocenters. The molecule has 9 aliphatic rings. The van der Waals surface area contributed by atoms with Gasteiger partial charge in [0.1, 0.15) is 17.6 Å². The van der Waals surface area contributed by atoms with Gasteiger partial charge >= 0.3 is 6.18 Å². The largest absolute Gasteiger partial charge is 0.433 e. The van der Waals surface area contributed by atoms with Crippen LogP contribution < -0.4 is 21.3 Å². The summed E-state index contributed by atoms with van der Waals surface area (Å²) in [4.78, 5) is 75.1. The smallest absolute Gasteiger partial charge is 0.384 e. The summed E-state index contributed by atoms with van der Waals surface area (Å²) in [5.41, 5.74) is -0.664. The number of imide groups is 1. The number of alkyl halides is 3. The third-order valence-electron chi connectivity index (χ3n) is 17.7. The van der Waals surface area contributed by atoms with Crippen LogP contribution in [0.25, 0.3) is 0 Å².